The molecule has 0 saturated carbocycles. The molecule has 4 nitrogen and oxygen atoms in total. The fraction of sp³-hybridized carbons (Fsp3) is 0.435. The number of rotatable bonds is 5. The number of hydrogen-bond acceptors (Lipinski definition) is 2. The number of quaternary nitrogens is 1. The Morgan fingerprint density at radius 2 is 1.63 bits per heavy atom. The van der Waals surface area contributed by atoms with Gasteiger partial charge in [0.15, 0.2) is 0 Å². The van der Waals surface area contributed by atoms with Crippen molar-refractivity contribution in [3.05, 3.63) is 59.7 Å². The Bertz CT molecular complexity index is 751. The van der Waals surface area contributed by atoms with Crippen molar-refractivity contribution in [1.82, 2.24) is 5.32 Å². The first-order chi connectivity index (χ1) is 13.2. The van der Waals surface area contributed by atoms with Crippen molar-refractivity contribution in [1.29, 1.82) is 0 Å². The fourth-order valence-corrected chi connectivity index (χ4v) is 4.26. The molecule has 0 bridgehead atoms. The summed E-state index contributed by atoms with van der Waals surface area (Å²) < 4.78 is 5.99. The molecular weight excluding hydrogens is 336 g/mol. The maximum Gasteiger partial charge on any atom is 0.232 e. The Labute approximate surface area is 161 Å². The first-order valence-electron chi connectivity index (χ1n) is 10.2. The molecule has 0 spiro atoms. The van der Waals surface area contributed by atoms with E-state index in [0.717, 1.165) is 48.1 Å². The normalized spacial score (nSPS) is 21.7. The van der Waals surface area contributed by atoms with Crippen LogP contribution in [0.25, 0.3) is 0 Å². The highest BCUT2D eigenvalue weighted by Gasteiger charge is 2.32. The number of para-hydroxylation sites is 2. The van der Waals surface area contributed by atoms with E-state index in [1.807, 2.05) is 48.5 Å². The quantitative estimate of drug-likeness (QED) is 0.800. The van der Waals surface area contributed by atoms with Crippen molar-refractivity contribution in [2.45, 2.75) is 32.1 Å². The zero-order valence-electron chi connectivity index (χ0n) is 16.0. The van der Waals surface area contributed by atoms with E-state index in [0.29, 0.717) is 0 Å². The van der Waals surface area contributed by atoms with Crippen LogP contribution in [-0.2, 0) is 4.79 Å². The minimum Gasteiger partial charge on any atom is -0.457 e. The second-order valence-corrected chi connectivity index (χ2v) is 7.94. The minimum absolute atomic E-state index is 0.0699. The minimum atomic E-state index is -0.297. The Morgan fingerprint density at radius 3 is 2.26 bits per heavy atom. The molecule has 2 aliphatic heterocycles. The molecule has 4 rings (SSSR count). The third-order valence-electron chi connectivity index (χ3n) is 5.93. The van der Waals surface area contributed by atoms with Crippen LogP contribution in [0.4, 0.5) is 0 Å². The van der Waals surface area contributed by atoms with Gasteiger partial charge in [-0.05, 0) is 30.9 Å². The summed E-state index contributed by atoms with van der Waals surface area (Å²) in [6.45, 7) is 6.78. The predicted molar refractivity (Wildman–Crippen MR) is 106 cm³/mol. The van der Waals surface area contributed by atoms with Gasteiger partial charge >= 0.3 is 0 Å². The van der Waals surface area contributed by atoms with Crippen molar-refractivity contribution >= 4 is 5.91 Å². The molecule has 0 aromatic heterocycles. The highest BCUT2D eigenvalue weighted by Crippen LogP contribution is 2.43. The Morgan fingerprint density at radius 1 is 1.04 bits per heavy atom. The van der Waals surface area contributed by atoms with Crippen LogP contribution in [0, 0.1) is 5.92 Å². The van der Waals surface area contributed by atoms with Crippen molar-refractivity contribution in [2.24, 2.45) is 5.92 Å². The van der Waals surface area contributed by atoms with Gasteiger partial charge in [0, 0.05) is 24.1 Å². The highest BCUT2D eigenvalue weighted by molar-refractivity contribution is 5.89. The molecule has 0 aliphatic carbocycles. The van der Waals surface area contributed by atoms with Crippen LogP contribution in [0.1, 0.15) is 43.2 Å². The molecule has 2 aliphatic rings. The number of hydrogen-bond donors (Lipinski definition) is 2. The molecule has 2 aromatic carbocycles. The lowest BCUT2D eigenvalue weighted by Gasteiger charge is -2.28. The number of amides is 1. The van der Waals surface area contributed by atoms with E-state index in [2.05, 4.69) is 12.2 Å². The van der Waals surface area contributed by atoms with E-state index in [9.17, 15) is 4.79 Å². The molecule has 2 heterocycles. The number of piperidine rings is 1. The molecule has 0 unspecified atom stereocenters. The van der Waals surface area contributed by atoms with Crippen LogP contribution in [-0.4, -0.2) is 32.1 Å². The molecule has 27 heavy (non-hydrogen) atoms. The number of ether oxygens (including phenoxy) is 1. The number of nitrogens with one attached hydrogen (secondary N) is 2. The lowest BCUT2D eigenvalue weighted by molar-refractivity contribution is -0.906. The molecule has 1 saturated heterocycles. The van der Waals surface area contributed by atoms with Crippen LogP contribution in [0.5, 0.6) is 11.5 Å². The van der Waals surface area contributed by atoms with E-state index in [1.54, 1.807) is 4.90 Å². The lowest BCUT2D eigenvalue weighted by atomic mass is 9.87. The Kier molecular flexibility index (Phi) is 5.44. The van der Waals surface area contributed by atoms with Gasteiger partial charge in [-0.3, -0.25) is 4.79 Å². The van der Waals surface area contributed by atoms with Gasteiger partial charge in [-0.1, -0.05) is 43.3 Å². The number of benzene rings is 2. The second-order valence-electron chi connectivity index (χ2n) is 7.94. The summed E-state index contributed by atoms with van der Waals surface area (Å²) in [6, 6.07) is 15.7. The fourth-order valence-electron chi connectivity index (χ4n) is 4.26. The van der Waals surface area contributed by atoms with Crippen molar-refractivity contribution in [3.63, 3.8) is 0 Å². The first kappa shape index (κ1) is 18.1. The second kappa shape index (κ2) is 8.13. The van der Waals surface area contributed by atoms with Gasteiger partial charge in [0.05, 0.1) is 25.6 Å². The number of carbonyl (C=O) groups excluding carboxylic acids is 1. The summed E-state index contributed by atoms with van der Waals surface area (Å²) in [5.41, 5.74) is 1.90. The Balaban J connectivity index is 1.38. The third-order valence-corrected chi connectivity index (χ3v) is 5.93. The SMILES string of the molecule is CC1CC[NH+](CCCNC(=O)C2c3ccccc3Oc3ccccc32)CC1. The smallest absolute Gasteiger partial charge is 0.232 e. The van der Waals surface area contributed by atoms with Gasteiger partial charge in [-0.15, -0.1) is 0 Å². The highest BCUT2D eigenvalue weighted by atomic mass is 16.5. The monoisotopic (exact) mass is 365 g/mol. The molecule has 2 N–H and O–H groups in total. The molecule has 2 aromatic rings. The largest absolute Gasteiger partial charge is 0.457 e. The van der Waals surface area contributed by atoms with E-state index >= 15 is 0 Å². The van der Waals surface area contributed by atoms with Gasteiger partial charge in [-0.25, -0.2) is 0 Å². The van der Waals surface area contributed by atoms with Gasteiger partial charge in [0.2, 0.25) is 5.91 Å². The van der Waals surface area contributed by atoms with Crippen LogP contribution in [0.3, 0.4) is 0 Å². The van der Waals surface area contributed by atoms with E-state index in [4.69, 9.17) is 4.74 Å². The number of carbonyl (C=O) groups is 1. The van der Waals surface area contributed by atoms with Crippen molar-refractivity contribution in [2.75, 3.05) is 26.2 Å². The molecule has 1 amide bonds. The maximum absolute atomic E-state index is 13.0. The van der Waals surface area contributed by atoms with Crippen molar-refractivity contribution in [3.8, 4) is 11.5 Å². The first-order valence-corrected chi connectivity index (χ1v) is 10.2. The summed E-state index contributed by atoms with van der Waals surface area (Å²) in [5.74, 6) is 2.21. The standard InChI is InChI=1S/C23H28N2O2/c1-17-11-15-25(16-12-17)14-6-13-24-23(26)22-18-7-2-4-9-20(18)27-21-10-5-3-8-19(21)22/h2-5,7-10,17,22H,6,11-16H2,1H3,(H,24,26)/p+1. The van der Waals surface area contributed by atoms with Crippen LogP contribution in [0.15, 0.2) is 48.5 Å². The number of fused-ring (bicyclic) bond motifs is 2. The summed E-state index contributed by atoms with van der Waals surface area (Å²) in [4.78, 5) is 14.7. The predicted octanol–water partition coefficient (Wildman–Crippen LogP) is 2.75. The lowest BCUT2D eigenvalue weighted by Crippen LogP contribution is -3.13. The summed E-state index contributed by atoms with van der Waals surface area (Å²) in [6.07, 6.45) is 3.69. The van der Waals surface area contributed by atoms with E-state index in [-0.39, 0.29) is 11.8 Å². The number of likely N-dealkylation sites (tertiary alicyclic amines) is 1. The summed E-state index contributed by atoms with van der Waals surface area (Å²) >= 11 is 0. The summed E-state index contributed by atoms with van der Waals surface area (Å²) in [5, 5.41) is 3.17. The van der Waals surface area contributed by atoms with Crippen LogP contribution < -0.4 is 15.0 Å². The summed E-state index contributed by atoms with van der Waals surface area (Å²) in [7, 11) is 0. The van der Waals surface area contributed by atoms with Crippen LogP contribution >= 0.6 is 0 Å². The van der Waals surface area contributed by atoms with Gasteiger partial charge in [0.1, 0.15) is 11.5 Å². The molecule has 0 atom stereocenters. The zero-order valence-corrected chi connectivity index (χ0v) is 16.0. The van der Waals surface area contributed by atoms with Gasteiger partial charge in [0.25, 0.3) is 0 Å². The molecule has 142 valence electrons. The molecule has 4 heteroatoms. The molecular formula is C23H29N2O2+. The average molecular weight is 365 g/mol. The third kappa shape index (κ3) is 4.01. The van der Waals surface area contributed by atoms with Gasteiger partial charge < -0.3 is 15.0 Å². The zero-order chi connectivity index (χ0) is 18.6. The maximum atomic E-state index is 13.0. The Hall–Kier alpha value is -2.33. The van der Waals surface area contributed by atoms with E-state index in [1.165, 1.54) is 25.9 Å². The average Bonchev–Trinajstić information content (AvgIpc) is 2.70. The van der Waals surface area contributed by atoms with Crippen LogP contribution in [0.2, 0.25) is 0 Å². The molecule has 1 fully saturated rings. The topological polar surface area (TPSA) is 42.8 Å². The van der Waals surface area contributed by atoms with Gasteiger partial charge in [-0.2, -0.15) is 0 Å². The van der Waals surface area contributed by atoms with E-state index < -0.39 is 0 Å². The molecule has 0 radical (unpaired) electrons. The van der Waals surface area contributed by atoms with Crippen molar-refractivity contribution < 1.29 is 14.4 Å².